The molecule has 10 nitrogen and oxygen atoms in total. The van der Waals surface area contributed by atoms with Gasteiger partial charge in [-0.2, -0.15) is 4.31 Å². The highest BCUT2D eigenvalue weighted by atomic mass is 35.5. The van der Waals surface area contributed by atoms with Crippen molar-refractivity contribution < 1.29 is 45.7 Å². The Morgan fingerprint density at radius 2 is 1.76 bits per heavy atom. The summed E-state index contributed by atoms with van der Waals surface area (Å²) < 4.78 is 79.7. The van der Waals surface area contributed by atoms with Gasteiger partial charge in [0.1, 0.15) is 6.10 Å². The zero-order valence-corrected chi connectivity index (χ0v) is 24.7. The first kappa shape index (κ1) is 31.2. The lowest BCUT2D eigenvalue weighted by molar-refractivity contribution is -0.176. The van der Waals surface area contributed by atoms with E-state index in [9.17, 15) is 45.7 Å². The molecule has 0 spiro atoms. The van der Waals surface area contributed by atoms with Gasteiger partial charge in [-0.05, 0) is 74.3 Å². The molecule has 3 fully saturated rings. The molecule has 3 aliphatic rings. The summed E-state index contributed by atoms with van der Waals surface area (Å²) in [5.41, 5.74) is -1.94. The van der Waals surface area contributed by atoms with Crippen LogP contribution < -0.4 is 5.32 Å². The Labute approximate surface area is 247 Å². The molecule has 1 aliphatic heterocycles. The van der Waals surface area contributed by atoms with Crippen molar-refractivity contribution >= 4 is 43.1 Å². The van der Waals surface area contributed by atoms with E-state index < -0.39 is 72.3 Å². The Hall–Kier alpha value is -2.20. The zero-order valence-electron chi connectivity index (χ0n) is 22.3. The number of aliphatic hydroxyl groups is 3. The number of amides is 1. The molecule has 2 aromatic carbocycles. The third-order valence-corrected chi connectivity index (χ3v) is 13.4. The van der Waals surface area contributed by atoms with Crippen LogP contribution in [0.2, 0.25) is 5.02 Å². The van der Waals surface area contributed by atoms with E-state index in [4.69, 9.17) is 11.6 Å². The number of nitrogens with one attached hydrogen (secondary N) is 1. The van der Waals surface area contributed by atoms with Gasteiger partial charge in [0.2, 0.25) is 10.0 Å². The van der Waals surface area contributed by atoms with Crippen LogP contribution >= 0.6 is 11.6 Å². The molecule has 2 aliphatic carbocycles. The molecule has 1 amide bonds. The van der Waals surface area contributed by atoms with Crippen LogP contribution in [0.3, 0.4) is 0 Å². The normalized spacial score (nSPS) is 28.9. The summed E-state index contributed by atoms with van der Waals surface area (Å²) in [7, 11) is -7.70. The molecule has 0 radical (unpaired) electrons. The smallest absolute Gasteiger partial charge is 0.255 e. The largest absolute Gasteiger partial charge is 0.389 e. The van der Waals surface area contributed by atoms with Crippen molar-refractivity contribution in [2.75, 3.05) is 24.2 Å². The summed E-state index contributed by atoms with van der Waals surface area (Å²) in [5.74, 6) is -4.49. The number of β-amino-alcohol motifs (C(OH)–C–C–N with tert-alkyl or cyclic N) is 1. The zero-order chi connectivity index (χ0) is 30.6. The van der Waals surface area contributed by atoms with Gasteiger partial charge in [-0.25, -0.2) is 25.6 Å². The molecule has 2 saturated carbocycles. The maximum atomic E-state index is 13.8. The second-order valence-electron chi connectivity index (χ2n) is 11.3. The van der Waals surface area contributed by atoms with Crippen molar-refractivity contribution in [3.05, 3.63) is 58.6 Å². The number of sulfone groups is 1. The predicted molar refractivity (Wildman–Crippen MR) is 149 cm³/mol. The van der Waals surface area contributed by atoms with Crippen LogP contribution in [0.5, 0.6) is 0 Å². The number of rotatable bonds is 8. The maximum Gasteiger partial charge on any atom is 0.255 e. The number of hydrogen-bond donors (Lipinski definition) is 4. The third-order valence-electron chi connectivity index (χ3n) is 8.81. The van der Waals surface area contributed by atoms with Gasteiger partial charge in [0.05, 0.1) is 32.6 Å². The number of aliphatic hydroxyl groups excluding tert-OH is 2. The van der Waals surface area contributed by atoms with Crippen molar-refractivity contribution in [3.63, 3.8) is 0 Å². The average molecular weight is 649 g/mol. The minimum atomic E-state index is -4.15. The van der Waals surface area contributed by atoms with Crippen LogP contribution in [-0.2, 0) is 19.9 Å². The second kappa shape index (κ2) is 11.4. The number of carbonyl (C=O) groups excluding carboxylic acids is 1. The van der Waals surface area contributed by atoms with Crippen LogP contribution in [-0.4, -0.2) is 84.3 Å². The highest BCUT2D eigenvalue weighted by molar-refractivity contribution is 7.92. The van der Waals surface area contributed by atoms with Crippen LogP contribution in [0.1, 0.15) is 42.5 Å². The average Bonchev–Trinajstić information content (AvgIpc) is 3.31. The van der Waals surface area contributed by atoms with Gasteiger partial charge >= 0.3 is 0 Å². The molecule has 2 bridgehead atoms. The van der Waals surface area contributed by atoms with Gasteiger partial charge in [0, 0.05) is 30.4 Å². The summed E-state index contributed by atoms with van der Waals surface area (Å²) in [6.45, 7) is -0.168. The molecule has 5 rings (SSSR count). The minimum absolute atomic E-state index is 0.0375. The summed E-state index contributed by atoms with van der Waals surface area (Å²) in [6, 6.07) is 6.41. The number of halogens is 3. The monoisotopic (exact) mass is 648 g/mol. The van der Waals surface area contributed by atoms with Crippen molar-refractivity contribution in [3.8, 4) is 0 Å². The van der Waals surface area contributed by atoms with E-state index in [1.165, 1.54) is 12.1 Å². The number of sulfonamides is 1. The standard InChI is InChI=1S/C27H31ClF2N2O8S2/c28-20-6-2-15(26(35)31-18-5-7-21(29)22(30)13-18)10-24(20)42(39,40)19-11-16-3-4-17(12-19)27(16,36)25(34)23(33)14-32-8-1-9-41(32,37)38/h2,5-7,10,13,16-17,19,23,25,33-34,36H,1,3-4,8-9,11-12,14H2,(H,31,35)/t16?,17?,19-,23?,25?,27-. The molecule has 42 heavy (non-hydrogen) atoms. The van der Waals surface area contributed by atoms with E-state index in [0.717, 1.165) is 28.6 Å². The lowest BCUT2D eigenvalue weighted by Crippen LogP contribution is -2.60. The molecule has 4 unspecified atom stereocenters. The van der Waals surface area contributed by atoms with Gasteiger partial charge in [0.15, 0.2) is 21.5 Å². The van der Waals surface area contributed by atoms with Crippen molar-refractivity contribution in [2.24, 2.45) is 11.8 Å². The summed E-state index contributed by atoms with van der Waals surface area (Å²) in [6.07, 6.45) is -2.19. The number of nitrogens with zero attached hydrogens (tertiary/aromatic N) is 1. The molecule has 1 saturated heterocycles. The maximum absolute atomic E-state index is 13.8. The molecule has 4 N–H and O–H groups in total. The molecule has 1 heterocycles. The Morgan fingerprint density at radius 1 is 1.10 bits per heavy atom. The van der Waals surface area contributed by atoms with E-state index >= 15 is 0 Å². The molecule has 2 aromatic rings. The van der Waals surface area contributed by atoms with Gasteiger partial charge in [-0.1, -0.05) is 11.6 Å². The van der Waals surface area contributed by atoms with Crippen molar-refractivity contribution in [2.45, 2.75) is 60.1 Å². The number of hydrogen-bond acceptors (Lipinski definition) is 8. The predicted octanol–water partition coefficient (Wildman–Crippen LogP) is 2.32. The molecular weight excluding hydrogens is 618 g/mol. The van der Waals surface area contributed by atoms with Crippen LogP contribution in [0, 0.1) is 23.5 Å². The number of fused-ring (bicyclic) bond motifs is 2. The highest BCUT2D eigenvalue weighted by Crippen LogP contribution is 2.54. The number of carbonyl (C=O) groups is 1. The lowest BCUT2D eigenvalue weighted by Gasteiger charge is -2.46. The molecular formula is C27H31ClF2N2O8S2. The number of anilines is 1. The third kappa shape index (κ3) is 5.58. The first-order valence-electron chi connectivity index (χ1n) is 13.5. The van der Waals surface area contributed by atoms with Gasteiger partial charge in [-0.3, -0.25) is 4.79 Å². The van der Waals surface area contributed by atoms with Crippen LogP contribution in [0.25, 0.3) is 0 Å². The minimum Gasteiger partial charge on any atom is -0.389 e. The highest BCUT2D eigenvalue weighted by Gasteiger charge is 2.60. The first-order valence-corrected chi connectivity index (χ1v) is 17.0. The Bertz CT molecular complexity index is 1590. The molecule has 15 heteroatoms. The van der Waals surface area contributed by atoms with E-state index in [2.05, 4.69) is 5.32 Å². The molecule has 0 aromatic heterocycles. The topological polar surface area (TPSA) is 161 Å². The van der Waals surface area contributed by atoms with Crippen LogP contribution in [0.15, 0.2) is 41.3 Å². The summed E-state index contributed by atoms with van der Waals surface area (Å²) >= 11 is 6.27. The molecule has 230 valence electrons. The Morgan fingerprint density at radius 3 is 2.36 bits per heavy atom. The fourth-order valence-electron chi connectivity index (χ4n) is 6.61. The first-order chi connectivity index (χ1) is 19.6. The fourth-order valence-corrected chi connectivity index (χ4v) is 10.6. The lowest BCUT2D eigenvalue weighted by atomic mass is 9.70. The van der Waals surface area contributed by atoms with E-state index in [0.29, 0.717) is 19.3 Å². The Balaban J connectivity index is 1.33. The van der Waals surface area contributed by atoms with Crippen molar-refractivity contribution in [1.82, 2.24) is 4.31 Å². The van der Waals surface area contributed by atoms with Crippen LogP contribution in [0.4, 0.5) is 14.5 Å². The second-order valence-corrected chi connectivity index (χ2v) is 16.0. The quantitative estimate of drug-likeness (QED) is 0.339. The van der Waals surface area contributed by atoms with Gasteiger partial charge < -0.3 is 20.6 Å². The number of benzene rings is 2. The van der Waals surface area contributed by atoms with E-state index in [-0.39, 0.29) is 52.9 Å². The fraction of sp³-hybridized carbons (Fsp3) is 0.519. The Kier molecular flexibility index (Phi) is 8.46. The summed E-state index contributed by atoms with van der Waals surface area (Å²) in [4.78, 5) is 12.5. The summed E-state index contributed by atoms with van der Waals surface area (Å²) in [5, 5.41) is 34.6. The molecule has 4 atom stereocenters. The van der Waals surface area contributed by atoms with E-state index in [1.807, 2.05) is 0 Å². The van der Waals surface area contributed by atoms with Crippen molar-refractivity contribution in [1.29, 1.82) is 0 Å². The van der Waals surface area contributed by atoms with Gasteiger partial charge in [0.25, 0.3) is 5.91 Å². The SMILES string of the molecule is O=C(Nc1ccc(F)c(F)c1)c1ccc(Cl)c(S(=O)(=O)[C@H]2CC3CCC(C2)[C@]3(O)C(O)C(O)CN2CCCS2(=O)=O)c1. The van der Waals surface area contributed by atoms with E-state index in [1.54, 1.807) is 0 Å². The van der Waals surface area contributed by atoms with Gasteiger partial charge in [-0.15, -0.1) is 0 Å².